The Kier molecular flexibility index (Phi) is 4.20. The maximum Gasteiger partial charge on any atom is 0.157 e. The predicted molar refractivity (Wildman–Crippen MR) is 70.1 cm³/mol. The van der Waals surface area contributed by atoms with Gasteiger partial charge >= 0.3 is 0 Å². The Hall–Kier alpha value is -2.01. The van der Waals surface area contributed by atoms with Crippen molar-refractivity contribution in [2.75, 3.05) is 19.0 Å². The van der Waals surface area contributed by atoms with Crippen molar-refractivity contribution in [2.45, 2.75) is 13.5 Å². The molecule has 0 aromatic carbocycles. The number of aromatic nitrogens is 3. The van der Waals surface area contributed by atoms with Gasteiger partial charge in [-0.1, -0.05) is 0 Å². The Morgan fingerprint density at radius 1 is 1.33 bits per heavy atom. The molecule has 0 spiro atoms. The molecule has 2 rings (SSSR count). The summed E-state index contributed by atoms with van der Waals surface area (Å²) in [4.78, 5) is 12.9. The predicted octanol–water partition coefficient (Wildman–Crippen LogP) is 2.12. The van der Waals surface area contributed by atoms with Crippen molar-refractivity contribution in [1.29, 1.82) is 0 Å². The Morgan fingerprint density at radius 3 is 2.89 bits per heavy atom. The Balaban J connectivity index is 2.39. The molecular formula is C13H16N4O. The lowest BCUT2D eigenvalue weighted by molar-refractivity contribution is 0.178. The highest BCUT2D eigenvalue weighted by Crippen LogP contribution is 2.18. The van der Waals surface area contributed by atoms with Gasteiger partial charge in [-0.25, -0.2) is 9.97 Å². The molecular weight excluding hydrogens is 228 g/mol. The highest BCUT2D eigenvalue weighted by Gasteiger charge is 2.06. The summed E-state index contributed by atoms with van der Waals surface area (Å²) in [6, 6.07) is 5.78. The summed E-state index contributed by atoms with van der Waals surface area (Å²) in [5.41, 5.74) is 1.82. The van der Waals surface area contributed by atoms with E-state index in [2.05, 4.69) is 20.3 Å². The van der Waals surface area contributed by atoms with Crippen LogP contribution in [0.15, 0.2) is 30.6 Å². The summed E-state index contributed by atoms with van der Waals surface area (Å²) in [5, 5.41) is 3.19. The molecule has 0 aliphatic heterocycles. The fourth-order valence-corrected chi connectivity index (χ4v) is 1.62. The van der Waals surface area contributed by atoms with E-state index in [0.717, 1.165) is 23.6 Å². The second-order valence-corrected chi connectivity index (χ2v) is 3.76. The van der Waals surface area contributed by atoms with Crippen LogP contribution in [-0.4, -0.2) is 28.6 Å². The van der Waals surface area contributed by atoms with Gasteiger partial charge in [0.1, 0.15) is 12.4 Å². The average molecular weight is 244 g/mol. The number of nitrogens with one attached hydrogen (secondary N) is 1. The molecule has 0 saturated heterocycles. The van der Waals surface area contributed by atoms with E-state index in [1.165, 1.54) is 0 Å². The first-order chi connectivity index (χ1) is 8.83. The van der Waals surface area contributed by atoms with Crippen LogP contribution in [0.2, 0.25) is 0 Å². The van der Waals surface area contributed by atoms with Crippen molar-refractivity contribution >= 4 is 5.82 Å². The number of nitrogens with zero attached hydrogens (tertiary/aromatic N) is 3. The van der Waals surface area contributed by atoms with Gasteiger partial charge in [0.2, 0.25) is 0 Å². The van der Waals surface area contributed by atoms with E-state index in [0.29, 0.717) is 12.4 Å². The number of methoxy groups -OCH3 is 1. The first kappa shape index (κ1) is 12.4. The van der Waals surface area contributed by atoms with Crippen LogP contribution in [0, 0.1) is 0 Å². The van der Waals surface area contributed by atoms with Crippen LogP contribution in [0.1, 0.15) is 12.7 Å². The number of hydrogen-bond donors (Lipinski definition) is 1. The summed E-state index contributed by atoms with van der Waals surface area (Å²) in [6.45, 7) is 3.24. The normalized spacial score (nSPS) is 10.3. The molecule has 1 N–H and O–H groups in total. The van der Waals surface area contributed by atoms with Gasteiger partial charge in [0.05, 0.1) is 5.69 Å². The first-order valence-electron chi connectivity index (χ1n) is 5.84. The molecule has 0 saturated carbocycles. The first-order valence-corrected chi connectivity index (χ1v) is 5.84. The Bertz CT molecular complexity index is 477. The number of pyridine rings is 1. The minimum Gasteiger partial charge on any atom is -0.377 e. The molecule has 5 heteroatoms. The van der Waals surface area contributed by atoms with Gasteiger partial charge < -0.3 is 10.1 Å². The second-order valence-electron chi connectivity index (χ2n) is 3.76. The number of rotatable bonds is 5. The van der Waals surface area contributed by atoms with Crippen molar-refractivity contribution in [3.8, 4) is 11.3 Å². The number of ether oxygens (including phenoxy) is 1. The van der Waals surface area contributed by atoms with Crippen molar-refractivity contribution < 1.29 is 4.74 Å². The molecule has 0 fully saturated rings. The molecule has 0 bridgehead atoms. The summed E-state index contributed by atoms with van der Waals surface area (Å²) in [7, 11) is 1.63. The van der Waals surface area contributed by atoms with Crippen LogP contribution in [0.5, 0.6) is 0 Å². The second kappa shape index (κ2) is 6.07. The smallest absolute Gasteiger partial charge is 0.157 e. The lowest BCUT2D eigenvalue weighted by Gasteiger charge is -2.08. The highest BCUT2D eigenvalue weighted by atomic mass is 16.5. The summed E-state index contributed by atoms with van der Waals surface area (Å²) < 4.78 is 5.08. The lowest BCUT2D eigenvalue weighted by atomic mass is 10.2. The molecule has 0 atom stereocenters. The summed E-state index contributed by atoms with van der Waals surface area (Å²) >= 11 is 0. The zero-order valence-corrected chi connectivity index (χ0v) is 10.6. The topological polar surface area (TPSA) is 59.9 Å². The molecule has 2 heterocycles. The molecule has 94 valence electrons. The van der Waals surface area contributed by atoms with E-state index in [9.17, 15) is 0 Å². The molecule has 18 heavy (non-hydrogen) atoms. The van der Waals surface area contributed by atoms with Gasteiger partial charge in [-0.05, 0) is 19.1 Å². The third kappa shape index (κ3) is 3.01. The van der Waals surface area contributed by atoms with Crippen molar-refractivity contribution in [1.82, 2.24) is 15.0 Å². The Morgan fingerprint density at radius 2 is 2.22 bits per heavy atom. The third-order valence-corrected chi connectivity index (χ3v) is 2.36. The zero-order chi connectivity index (χ0) is 12.8. The Labute approximate surface area is 106 Å². The van der Waals surface area contributed by atoms with Gasteiger partial charge in [-0.2, -0.15) is 0 Å². The molecule has 5 nitrogen and oxygen atoms in total. The van der Waals surface area contributed by atoms with Crippen molar-refractivity contribution in [3.05, 3.63) is 36.4 Å². The minimum absolute atomic E-state index is 0.395. The van der Waals surface area contributed by atoms with Gasteiger partial charge in [0.15, 0.2) is 5.82 Å². The molecule has 0 aliphatic rings. The van der Waals surface area contributed by atoms with Crippen LogP contribution >= 0.6 is 0 Å². The molecule has 0 amide bonds. The standard InChI is InChI=1S/C13H16N4O/c1-3-15-12-7-11(10-5-4-6-14-8-10)16-13(17-12)9-18-2/h4-8H,3,9H2,1-2H3,(H,15,16,17). The molecule has 0 aliphatic carbocycles. The largest absolute Gasteiger partial charge is 0.377 e. The van der Waals surface area contributed by atoms with Gasteiger partial charge in [0.25, 0.3) is 0 Å². The van der Waals surface area contributed by atoms with E-state index in [-0.39, 0.29) is 0 Å². The van der Waals surface area contributed by atoms with Crippen LogP contribution in [-0.2, 0) is 11.3 Å². The van der Waals surface area contributed by atoms with E-state index in [1.54, 1.807) is 19.5 Å². The van der Waals surface area contributed by atoms with E-state index in [4.69, 9.17) is 4.74 Å². The lowest BCUT2D eigenvalue weighted by Crippen LogP contribution is -2.05. The monoisotopic (exact) mass is 244 g/mol. The van der Waals surface area contributed by atoms with Crippen molar-refractivity contribution in [3.63, 3.8) is 0 Å². The third-order valence-electron chi connectivity index (χ3n) is 2.36. The summed E-state index contributed by atoms with van der Waals surface area (Å²) in [5.74, 6) is 1.47. The van der Waals surface area contributed by atoms with E-state index < -0.39 is 0 Å². The van der Waals surface area contributed by atoms with Crippen LogP contribution in [0.3, 0.4) is 0 Å². The maximum absolute atomic E-state index is 5.08. The number of anilines is 1. The fourth-order valence-electron chi connectivity index (χ4n) is 1.62. The molecule has 2 aromatic rings. The van der Waals surface area contributed by atoms with Gasteiger partial charge in [-0.15, -0.1) is 0 Å². The van der Waals surface area contributed by atoms with Crippen molar-refractivity contribution in [2.24, 2.45) is 0 Å². The summed E-state index contributed by atoms with van der Waals surface area (Å²) in [6.07, 6.45) is 3.53. The van der Waals surface area contributed by atoms with Crippen LogP contribution < -0.4 is 5.32 Å². The van der Waals surface area contributed by atoms with Gasteiger partial charge in [-0.3, -0.25) is 4.98 Å². The minimum atomic E-state index is 0.395. The average Bonchev–Trinajstić information content (AvgIpc) is 2.40. The van der Waals surface area contributed by atoms with E-state index in [1.807, 2.05) is 25.1 Å². The SMILES string of the molecule is CCNc1cc(-c2cccnc2)nc(COC)n1. The molecule has 2 aromatic heterocycles. The van der Waals surface area contributed by atoms with Gasteiger partial charge in [0, 0.05) is 37.7 Å². The molecule has 0 unspecified atom stereocenters. The van der Waals surface area contributed by atoms with Crippen LogP contribution in [0.25, 0.3) is 11.3 Å². The van der Waals surface area contributed by atoms with E-state index >= 15 is 0 Å². The highest BCUT2D eigenvalue weighted by molar-refractivity contribution is 5.61. The maximum atomic E-state index is 5.08. The molecule has 0 radical (unpaired) electrons. The fraction of sp³-hybridized carbons (Fsp3) is 0.308. The quantitative estimate of drug-likeness (QED) is 0.873. The number of hydrogen-bond acceptors (Lipinski definition) is 5. The van der Waals surface area contributed by atoms with Crippen LogP contribution in [0.4, 0.5) is 5.82 Å². The zero-order valence-electron chi connectivity index (χ0n) is 10.6.